The molecule has 0 saturated carbocycles. The standard InChI is InChI=1S/C16H25N5O2/c1-19(2)8-10-22-13-15-16-12-20(11-14-5-3-9-23-14)6-4-7-21(16)18-17-15/h3,5,9H,4,6-8,10-13H2,1-2H3. The Balaban J connectivity index is 1.61. The van der Waals surface area contributed by atoms with Crippen molar-refractivity contribution in [2.75, 3.05) is 33.8 Å². The quantitative estimate of drug-likeness (QED) is 0.718. The van der Waals surface area contributed by atoms with Gasteiger partial charge < -0.3 is 14.1 Å². The third-order valence-electron chi connectivity index (χ3n) is 4.02. The summed E-state index contributed by atoms with van der Waals surface area (Å²) in [6, 6.07) is 3.95. The number of furan rings is 1. The molecule has 0 spiro atoms. The van der Waals surface area contributed by atoms with E-state index >= 15 is 0 Å². The van der Waals surface area contributed by atoms with Gasteiger partial charge in [-0.05, 0) is 32.6 Å². The van der Waals surface area contributed by atoms with E-state index in [4.69, 9.17) is 9.15 Å². The summed E-state index contributed by atoms with van der Waals surface area (Å²) in [5.41, 5.74) is 2.12. The van der Waals surface area contributed by atoms with Gasteiger partial charge in [-0.1, -0.05) is 5.21 Å². The average Bonchev–Trinajstić information content (AvgIpc) is 3.10. The van der Waals surface area contributed by atoms with E-state index < -0.39 is 0 Å². The van der Waals surface area contributed by atoms with E-state index in [0.29, 0.717) is 13.2 Å². The summed E-state index contributed by atoms with van der Waals surface area (Å²) in [7, 11) is 4.08. The zero-order valence-corrected chi connectivity index (χ0v) is 13.9. The van der Waals surface area contributed by atoms with Gasteiger partial charge in [0.1, 0.15) is 11.5 Å². The van der Waals surface area contributed by atoms with Crippen molar-refractivity contribution >= 4 is 0 Å². The molecule has 0 atom stereocenters. The molecular weight excluding hydrogens is 294 g/mol. The van der Waals surface area contributed by atoms with E-state index in [1.807, 2.05) is 30.9 Å². The number of nitrogens with zero attached hydrogens (tertiary/aromatic N) is 5. The van der Waals surface area contributed by atoms with Crippen molar-refractivity contribution in [3.05, 3.63) is 35.5 Å². The summed E-state index contributed by atoms with van der Waals surface area (Å²) in [6.07, 6.45) is 2.79. The Morgan fingerprint density at radius 2 is 2.26 bits per heavy atom. The van der Waals surface area contributed by atoms with Gasteiger partial charge in [0, 0.05) is 26.2 Å². The van der Waals surface area contributed by atoms with Crippen molar-refractivity contribution < 1.29 is 9.15 Å². The zero-order valence-electron chi connectivity index (χ0n) is 13.9. The van der Waals surface area contributed by atoms with Crippen LogP contribution in [0.15, 0.2) is 22.8 Å². The lowest BCUT2D eigenvalue weighted by molar-refractivity contribution is 0.102. The highest BCUT2D eigenvalue weighted by molar-refractivity contribution is 5.10. The summed E-state index contributed by atoms with van der Waals surface area (Å²) in [5, 5.41) is 8.60. The normalized spacial score (nSPS) is 15.8. The Labute approximate surface area is 136 Å². The predicted molar refractivity (Wildman–Crippen MR) is 85.7 cm³/mol. The fourth-order valence-corrected chi connectivity index (χ4v) is 2.74. The Morgan fingerprint density at radius 1 is 1.35 bits per heavy atom. The lowest BCUT2D eigenvalue weighted by atomic mass is 10.3. The molecule has 3 heterocycles. The minimum absolute atomic E-state index is 0.526. The van der Waals surface area contributed by atoms with Crippen LogP contribution >= 0.6 is 0 Å². The first kappa shape index (κ1) is 16.2. The molecule has 0 amide bonds. The van der Waals surface area contributed by atoms with Gasteiger partial charge in [-0.25, -0.2) is 4.68 Å². The second kappa shape index (κ2) is 7.72. The molecule has 0 aliphatic carbocycles. The Morgan fingerprint density at radius 3 is 3.04 bits per heavy atom. The highest BCUT2D eigenvalue weighted by atomic mass is 16.5. The van der Waals surface area contributed by atoms with Crippen LogP contribution in [0.3, 0.4) is 0 Å². The highest BCUT2D eigenvalue weighted by Gasteiger charge is 2.20. The molecule has 3 rings (SSSR count). The van der Waals surface area contributed by atoms with Crippen molar-refractivity contribution in [1.82, 2.24) is 24.8 Å². The van der Waals surface area contributed by atoms with Crippen molar-refractivity contribution in [2.45, 2.75) is 32.7 Å². The average molecular weight is 319 g/mol. The summed E-state index contributed by atoms with van der Waals surface area (Å²) in [5.74, 6) is 0.995. The molecule has 2 aromatic heterocycles. The second-order valence-electron chi connectivity index (χ2n) is 6.21. The number of hydrogen-bond acceptors (Lipinski definition) is 6. The number of aromatic nitrogens is 3. The van der Waals surface area contributed by atoms with E-state index in [9.17, 15) is 0 Å². The van der Waals surface area contributed by atoms with Crippen LogP contribution in [0.5, 0.6) is 0 Å². The number of aryl methyl sites for hydroxylation is 1. The van der Waals surface area contributed by atoms with Gasteiger partial charge in [-0.15, -0.1) is 5.10 Å². The first-order valence-corrected chi connectivity index (χ1v) is 8.11. The minimum Gasteiger partial charge on any atom is -0.468 e. The summed E-state index contributed by atoms with van der Waals surface area (Å²) in [6.45, 7) is 5.74. The van der Waals surface area contributed by atoms with Crippen LogP contribution in [0.25, 0.3) is 0 Å². The largest absolute Gasteiger partial charge is 0.468 e. The molecule has 2 aromatic rings. The number of rotatable bonds is 7. The first-order valence-electron chi connectivity index (χ1n) is 8.11. The molecule has 126 valence electrons. The lowest BCUT2D eigenvalue weighted by Gasteiger charge is -2.18. The SMILES string of the molecule is CN(C)CCOCc1nnn2c1CN(Cc1ccco1)CCC2. The van der Waals surface area contributed by atoms with Gasteiger partial charge in [-0.3, -0.25) is 4.90 Å². The molecule has 0 fully saturated rings. The minimum atomic E-state index is 0.526. The number of ether oxygens (including phenoxy) is 1. The van der Waals surface area contributed by atoms with E-state index in [1.54, 1.807) is 6.26 Å². The number of fused-ring (bicyclic) bond motifs is 1. The van der Waals surface area contributed by atoms with Crippen LogP contribution < -0.4 is 0 Å². The smallest absolute Gasteiger partial charge is 0.117 e. The molecule has 7 heteroatoms. The van der Waals surface area contributed by atoms with Crippen molar-refractivity contribution in [1.29, 1.82) is 0 Å². The molecule has 1 aliphatic rings. The van der Waals surface area contributed by atoms with Crippen LogP contribution in [0.4, 0.5) is 0 Å². The highest BCUT2D eigenvalue weighted by Crippen LogP contribution is 2.17. The van der Waals surface area contributed by atoms with Gasteiger partial charge in [0.25, 0.3) is 0 Å². The van der Waals surface area contributed by atoms with Gasteiger partial charge in [-0.2, -0.15) is 0 Å². The van der Waals surface area contributed by atoms with Gasteiger partial charge in [0.2, 0.25) is 0 Å². The summed E-state index contributed by atoms with van der Waals surface area (Å²) >= 11 is 0. The van der Waals surface area contributed by atoms with Crippen LogP contribution in [0.1, 0.15) is 23.6 Å². The molecule has 7 nitrogen and oxygen atoms in total. The van der Waals surface area contributed by atoms with E-state index in [-0.39, 0.29) is 0 Å². The van der Waals surface area contributed by atoms with E-state index in [2.05, 4.69) is 20.1 Å². The second-order valence-corrected chi connectivity index (χ2v) is 6.21. The fourth-order valence-electron chi connectivity index (χ4n) is 2.74. The van der Waals surface area contributed by atoms with Crippen molar-refractivity contribution in [3.8, 4) is 0 Å². The van der Waals surface area contributed by atoms with Crippen LogP contribution in [-0.2, 0) is 31.0 Å². The Hall–Kier alpha value is -1.70. The van der Waals surface area contributed by atoms with Crippen LogP contribution in [0, 0.1) is 0 Å². The summed E-state index contributed by atoms with van der Waals surface area (Å²) in [4.78, 5) is 4.49. The van der Waals surface area contributed by atoms with Crippen molar-refractivity contribution in [3.63, 3.8) is 0 Å². The maximum atomic E-state index is 5.74. The zero-order chi connectivity index (χ0) is 16.1. The van der Waals surface area contributed by atoms with E-state index in [0.717, 1.165) is 50.6 Å². The third-order valence-corrected chi connectivity index (χ3v) is 4.02. The van der Waals surface area contributed by atoms with E-state index in [1.165, 1.54) is 5.69 Å². The topological polar surface area (TPSA) is 59.6 Å². The molecule has 0 unspecified atom stereocenters. The van der Waals surface area contributed by atoms with Crippen molar-refractivity contribution in [2.24, 2.45) is 0 Å². The molecule has 0 bridgehead atoms. The maximum absolute atomic E-state index is 5.74. The molecule has 0 saturated heterocycles. The molecule has 0 aromatic carbocycles. The number of hydrogen-bond donors (Lipinski definition) is 0. The molecule has 23 heavy (non-hydrogen) atoms. The Kier molecular flexibility index (Phi) is 5.43. The van der Waals surface area contributed by atoms with Gasteiger partial charge in [0.05, 0.1) is 31.7 Å². The maximum Gasteiger partial charge on any atom is 0.117 e. The molecule has 1 aliphatic heterocycles. The molecular formula is C16H25N5O2. The number of likely N-dealkylation sites (N-methyl/N-ethyl adjacent to an activating group) is 1. The monoisotopic (exact) mass is 319 g/mol. The van der Waals surface area contributed by atoms with Crippen LogP contribution in [0.2, 0.25) is 0 Å². The fraction of sp³-hybridized carbons (Fsp3) is 0.625. The molecule has 0 N–H and O–H groups in total. The predicted octanol–water partition coefficient (Wildman–Crippen LogP) is 1.36. The molecule has 0 radical (unpaired) electrons. The van der Waals surface area contributed by atoms with Gasteiger partial charge in [0.15, 0.2) is 0 Å². The lowest BCUT2D eigenvalue weighted by Crippen LogP contribution is -2.23. The summed E-state index contributed by atoms with van der Waals surface area (Å²) < 4.78 is 13.2. The Bertz CT molecular complexity index is 594. The first-order chi connectivity index (χ1) is 11.2. The third kappa shape index (κ3) is 4.40. The van der Waals surface area contributed by atoms with Crippen LogP contribution in [-0.4, -0.2) is 58.6 Å². The van der Waals surface area contributed by atoms with Gasteiger partial charge >= 0.3 is 0 Å².